The van der Waals surface area contributed by atoms with E-state index in [9.17, 15) is 0 Å². The van der Waals surface area contributed by atoms with Gasteiger partial charge in [0.05, 0.1) is 13.2 Å². The molecule has 2 aromatic rings. The lowest BCUT2D eigenvalue weighted by Gasteiger charge is -2.10. The van der Waals surface area contributed by atoms with Crippen LogP contribution in [0.25, 0.3) is 0 Å². The van der Waals surface area contributed by atoms with Gasteiger partial charge < -0.3 is 20.1 Å². The van der Waals surface area contributed by atoms with Crippen molar-refractivity contribution in [1.82, 2.24) is 0 Å². The minimum absolute atomic E-state index is 0.634. The summed E-state index contributed by atoms with van der Waals surface area (Å²) in [5, 5.41) is 6.33. The Labute approximate surface area is 172 Å². The van der Waals surface area contributed by atoms with Crippen LogP contribution in [0.4, 0.5) is 11.4 Å². The maximum Gasteiger partial charge on any atom is 0.149 e. The number of hydrogen-bond acceptors (Lipinski definition) is 6. The Morgan fingerprint density at radius 2 is 1.08 bits per heavy atom. The molecule has 26 heavy (non-hydrogen) atoms. The molecular weight excluding hydrogens is 404 g/mol. The molecule has 2 N–H and O–H groups in total. The van der Waals surface area contributed by atoms with Crippen LogP contribution in [0.3, 0.4) is 0 Å². The molecular formula is C18H20N2O2S4. The maximum absolute atomic E-state index is 5.42. The first-order valence-corrected chi connectivity index (χ1v) is 11.0. The fraction of sp³-hybridized carbons (Fsp3) is 0.222. The molecule has 0 fully saturated rings. The highest BCUT2D eigenvalue weighted by Gasteiger charge is 2.05. The van der Waals surface area contributed by atoms with E-state index in [2.05, 4.69) is 10.6 Å². The minimum Gasteiger partial charge on any atom is -0.494 e. The summed E-state index contributed by atoms with van der Waals surface area (Å²) in [7, 11) is 2.80. The van der Waals surface area contributed by atoms with Crippen LogP contribution in [0.2, 0.25) is 0 Å². The molecule has 2 aromatic carbocycles. The predicted molar refractivity (Wildman–Crippen MR) is 123 cm³/mol. The second-order valence-electron chi connectivity index (χ2n) is 4.91. The second-order valence-corrected chi connectivity index (χ2v) is 8.39. The van der Waals surface area contributed by atoms with Gasteiger partial charge >= 0.3 is 0 Å². The van der Waals surface area contributed by atoms with E-state index in [1.165, 1.54) is 21.6 Å². The summed E-state index contributed by atoms with van der Waals surface area (Å²) in [6.45, 7) is 5.21. The van der Waals surface area contributed by atoms with Gasteiger partial charge in [0.1, 0.15) is 20.1 Å². The zero-order chi connectivity index (χ0) is 18.8. The molecule has 8 heteroatoms. The average Bonchev–Trinajstić information content (AvgIpc) is 2.64. The normalized spacial score (nSPS) is 10.1. The van der Waals surface area contributed by atoms with Crippen LogP contribution in [0.15, 0.2) is 48.5 Å². The van der Waals surface area contributed by atoms with E-state index in [4.69, 9.17) is 33.9 Å². The summed E-state index contributed by atoms with van der Waals surface area (Å²) in [6, 6.07) is 15.3. The Hall–Kier alpha value is -1.48. The summed E-state index contributed by atoms with van der Waals surface area (Å²) < 4.78 is 12.1. The fourth-order valence-corrected chi connectivity index (χ4v) is 3.98. The summed E-state index contributed by atoms with van der Waals surface area (Å²) in [5.41, 5.74) is 1.83. The molecule has 0 aliphatic heterocycles. The minimum atomic E-state index is 0.634. The van der Waals surface area contributed by atoms with Crippen LogP contribution in [0.5, 0.6) is 11.5 Å². The second kappa shape index (κ2) is 11.3. The van der Waals surface area contributed by atoms with Crippen molar-refractivity contribution in [3.63, 3.8) is 0 Å². The molecule has 0 unspecified atom stereocenters. The largest absolute Gasteiger partial charge is 0.494 e. The third kappa shape index (κ3) is 7.41. The highest BCUT2D eigenvalue weighted by Crippen LogP contribution is 2.28. The number of nitrogens with one attached hydrogen (secondary N) is 2. The first-order valence-electron chi connectivity index (χ1n) is 8.03. The molecule has 138 valence electrons. The lowest BCUT2D eigenvalue weighted by atomic mass is 10.3. The fourth-order valence-electron chi connectivity index (χ4n) is 1.96. The topological polar surface area (TPSA) is 42.5 Å². The van der Waals surface area contributed by atoms with E-state index in [-0.39, 0.29) is 0 Å². The van der Waals surface area contributed by atoms with Crippen LogP contribution >= 0.6 is 46.0 Å². The Balaban J connectivity index is 1.74. The molecule has 0 heterocycles. The number of thiocarbonyl (C=S) groups is 2. The van der Waals surface area contributed by atoms with Gasteiger partial charge in [-0.05, 0) is 84.0 Å². The molecule has 0 saturated carbocycles. The van der Waals surface area contributed by atoms with Gasteiger partial charge in [-0.25, -0.2) is 0 Å². The van der Waals surface area contributed by atoms with Crippen molar-refractivity contribution in [2.75, 3.05) is 23.8 Å². The summed E-state index contributed by atoms with van der Waals surface area (Å²) in [4.78, 5) is 0. The smallest absolute Gasteiger partial charge is 0.149 e. The molecule has 0 aliphatic rings. The summed E-state index contributed by atoms with van der Waals surface area (Å²) in [5.74, 6) is 1.68. The number of rotatable bonds is 6. The number of hydrogen-bond donors (Lipinski definition) is 2. The molecule has 4 nitrogen and oxygen atoms in total. The van der Waals surface area contributed by atoms with E-state index in [0.29, 0.717) is 21.9 Å². The van der Waals surface area contributed by atoms with Gasteiger partial charge in [-0.3, -0.25) is 0 Å². The van der Waals surface area contributed by atoms with Gasteiger partial charge in [-0.15, -0.1) is 0 Å². The highest BCUT2D eigenvalue weighted by molar-refractivity contribution is 8.89. The number of anilines is 2. The van der Waals surface area contributed by atoms with Gasteiger partial charge in [0, 0.05) is 11.4 Å². The zero-order valence-electron chi connectivity index (χ0n) is 14.5. The maximum atomic E-state index is 5.42. The van der Waals surface area contributed by atoms with E-state index in [0.717, 1.165) is 22.9 Å². The highest BCUT2D eigenvalue weighted by atomic mass is 33.1. The zero-order valence-corrected chi connectivity index (χ0v) is 17.7. The Kier molecular flexibility index (Phi) is 9.04. The molecule has 0 radical (unpaired) electrons. The predicted octanol–water partition coefficient (Wildman–Crippen LogP) is 5.96. The Morgan fingerprint density at radius 3 is 1.38 bits per heavy atom. The Bertz CT molecular complexity index is 657. The van der Waals surface area contributed by atoms with Crippen molar-refractivity contribution in [2.45, 2.75) is 13.8 Å². The number of ether oxygens (including phenoxy) is 2. The summed E-state index contributed by atoms with van der Waals surface area (Å²) in [6.07, 6.45) is 0. The molecule has 2 rings (SSSR count). The van der Waals surface area contributed by atoms with Crippen molar-refractivity contribution < 1.29 is 9.47 Å². The van der Waals surface area contributed by atoms with Gasteiger partial charge in [-0.2, -0.15) is 0 Å². The van der Waals surface area contributed by atoms with Crippen LogP contribution in [-0.4, -0.2) is 21.9 Å². The molecule has 0 atom stereocenters. The van der Waals surface area contributed by atoms with Crippen molar-refractivity contribution in [1.29, 1.82) is 0 Å². The van der Waals surface area contributed by atoms with Crippen molar-refractivity contribution >= 4 is 66.0 Å². The third-order valence-electron chi connectivity index (χ3n) is 3.02. The molecule has 0 amide bonds. The van der Waals surface area contributed by atoms with Gasteiger partial charge in [0.2, 0.25) is 0 Å². The van der Waals surface area contributed by atoms with E-state index in [1.807, 2.05) is 62.4 Å². The van der Waals surface area contributed by atoms with Gasteiger partial charge in [-0.1, -0.05) is 24.4 Å². The molecule has 0 bridgehead atoms. The van der Waals surface area contributed by atoms with Crippen molar-refractivity contribution in [2.24, 2.45) is 0 Å². The molecule has 0 aromatic heterocycles. The SMILES string of the molecule is CCOc1ccc(NC(=S)SSC(=S)Nc2ccc(OCC)cc2)cc1. The monoisotopic (exact) mass is 424 g/mol. The molecule has 0 saturated heterocycles. The van der Waals surface area contributed by atoms with Gasteiger partial charge in [0.15, 0.2) is 0 Å². The lowest BCUT2D eigenvalue weighted by Crippen LogP contribution is -2.07. The Morgan fingerprint density at radius 1 is 0.731 bits per heavy atom. The van der Waals surface area contributed by atoms with E-state index < -0.39 is 0 Å². The molecule has 0 aliphatic carbocycles. The lowest BCUT2D eigenvalue weighted by molar-refractivity contribution is 0.340. The van der Waals surface area contributed by atoms with Crippen LogP contribution in [-0.2, 0) is 0 Å². The average molecular weight is 425 g/mol. The first kappa shape index (κ1) is 20.8. The summed E-state index contributed by atoms with van der Waals surface area (Å²) >= 11 is 10.7. The standard InChI is InChI=1S/C18H20N2O2S4/c1-3-21-15-9-5-13(6-10-15)19-17(23)25-26-18(24)20-14-7-11-16(12-8-14)22-4-2/h5-12H,3-4H2,1-2H3,(H,19,23)(H,20,24). The van der Waals surface area contributed by atoms with Gasteiger partial charge in [0.25, 0.3) is 0 Å². The molecule has 0 spiro atoms. The number of benzene rings is 2. The third-order valence-corrected chi connectivity index (χ3v) is 6.19. The first-order chi connectivity index (χ1) is 12.6. The van der Waals surface area contributed by atoms with Crippen molar-refractivity contribution in [3.8, 4) is 11.5 Å². The van der Waals surface area contributed by atoms with E-state index in [1.54, 1.807) is 0 Å². The quantitative estimate of drug-likeness (QED) is 0.435. The van der Waals surface area contributed by atoms with E-state index >= 15 is 0 Å². The van der Waals surface area contributed by atoms with Crippen LogP contribution in [0.1, 0.15) is 13.8 Å². The van der Waals surface area contributed by atoms with Crippen molar-refractivity contribution in [3.05, 3.63) is 48.5 Å². The van der Waals surface area contributed by atoms with Crippen LogP contribution < -0.4 is 20.1 Å². The van der Waals surface area contributed by atoms with Crippen LogP contribution in [0, 0.1) is 0 Å².